The molecule has 5 nitrogen and oxygen atoms in total. The van der Waals surface area contributed by atoms with E-state index < -0.39 is 0 Å². The molecule has 3 rings (SSSR count). The number of aromatic nitrogens is 3. The Hall–Kier alpha value is -2.82. The fourth-order valence-electron chi connectivity index (χ4n) is 2.05. The van der Waals surface area contributed by atoms with Crippen LogP contribution in [0.5, 0.6) is 0 Å². The Morgan fingerprint density at radius 3 is 2.50 bits per heavy atom. The van der Waals surface area contributed by atoms with Gasteiger partial charge in [-0.1, -0.05) is 42.0 Å². The van der Waals surface area contributed by atoms with Crippen LogP contribution in [0.4, 0.5) is 5.69 Å². The first-order valence-electron chi connectivity index (χ1n) is 6.26. The van der Waals surface area contributed by atoms with Crippen LogP contribution in [0, 0.1) is 6.92 Å². The largest absolute Gasteiger partial charge is 0.397 e. The molecular formula is C15H14N4O. The zero-order valence-corrected chi connectivity index (χ0v) is 11.0. The number of nitrogens with two attached hydrogens (primary N) is 1. The molecule has 0 radical (unpaired) electrons. The van der Waals surface area contributed by atoms with Crippen LogP contribution in [0.3, 0.4) is 0 Å². The lowest BCUT2D eigenvalue weighted by Crippen LogP contribution is -2.16. The van der Waals surface area contributed by atoms with Crippen molar-refractivity contribution in [2.24, 2.45) is 0 Å². The van der Waals surface area contributed by atoms with E-state index in [9.17, 15) is 4.79 Å². The van der Waals surface area contributed by atoms with Gasteiger partial charge in [0.2, 0.25) is 0 Å². The third kappa shape index (κ3) is 1.99. The van der Waals surface area contributed by atoms with Crippen LogP contribution in [-0.4, -0.2) is 15.0 Å². The predicted octanol–water partition coefficient (Wildman–Crippen LogP) is 2.12. The number of para-hydroxylation sites is 2. The van der Waals surface area contributed by atoms with Crippen LogP contribution < -0.4 is 11.3 Å². The number of nitrogens with zero attached hydrogens (tertiary/aromatic N) is 2. The lowest BCUT2D eigenvalue weighted by molar-refractivity contribution is 0.787. The van der Waals surface area contributed by atoms with E-state index in [1.54, 1.807) is 12.1 Å². The van der Waals surface area contributed by atoms with Gasteiger partial charge in [-0.05, 0) is 19.1 Å². The second kappa shape index (κ2) is 4.70. The van der Waals surface area contributed by atoms with E-state index in [4.69, 9.17) is 5.73 Å². The second-order valence-corrected chi connectivity index (χ2v) is 4.63. The molecule has 0 spiro atoms. The smallest absolute Gasteiger partial charge is 0.299 e. The number of hydrogen-bond donors (Lipinski definition) is 2. The molecule has 0 aliphatic rings. The topological polar surface area (TPSA) is 76.7 Å². The molecule has 3 N–H and O–H groups in total. The van der Waals surface area contributed by atoms with Crippen LogP contribution in [0.15, 0.2) is 53.3 Å². The molecule has 0 aliphatic carbocycles. The number of hydrogen-bond acceptors (Lipinski definition) is 3. The Morgan fingerprint density at radius 2 is 1.80 bits per heavy atom. The molecule has 0 amide bonds. The number of H-pyrrole nitrogens is 1. The quantitative estimate of drug-likeness (QED) is 0.697. The van der Waals surface area contributed by atoms with Crippen LogP contribution >= 0.6 is 0 Å². The lowest BCUT2D eigenvalue weighted by Gasteiger charge is -2.03. The van der Waals surface area contributed by atoms with Gasteiger partial charge in [0.05, 0.1) is 11.4 Å². The van der Waals surface area contributed by atoms with E-state index in [2.05, 4.69) is 10.3 Å². The van der Waals surface area contributed by atoms with Gasteiger partial charge in [-0.15, -0.1) is 0 Å². The summed E-state index contributed by atoms with van der Waals surface area (Å²) in [6.07, 6.45) is 0. The van der Waals surface area contributed by atoms with Crippen molar-refractivity contribution in [2.75, 3.05) is 5.73 Å². The summed E-state index contributed by atoms with van der Waals surface area (Å²) < 4.78 is 1.35. The molecular weight excluding hydrogens is 252 g/mol. The molecule has 100 valence electrons. The summed E-state index contributed by atoms with van der Waals surface area (Å²) >= 11 is 0. The van der Waals surface area contributed by atoms with Gasteiger partial charge in [0.25, 0.3) is 5.56 Å². The van der Waals surface area contributed by atoms with Crippen molar-refractivity contribution >= 4 is 5.69 Å². The van der Waals surface area contributed by atoms with Gasteiger partial charge in [0.1, 0.15) is 0 Å². The standard InChI is InChI=1S/C15H14N4O/c1-10-6-8-11(9-7-10)14-15(20)19(18-17-14)13-5-3-2-4-12(13)16/h2-9,18H,16H2,1H3. The molecule has 1 aromatic heterocycles. The molecule has 2 aromatic carbocycles. The highest BCUT2D eigenvalue weighted by molar-refractivity contribution is 5.61. The van der Waals surface area contributed by atoms with Crippen molar-refractivity contribution in [3.8, 4) is 16.9 Å². The summed E-state index contributed by atoms with van der Waals surface area (Å²) in [5.41, 5.74) is 9.09. The van der Waals surface area contributed by atoms with Crippen LogP contribution in [0.1, 0.15) is 5.56 Å². The Bertz CT molecular complexity index is 799. The van der Waals surface area contributed by atoms with E-state index in [0.717, 1.165) is 11.1 Å². The van der Waals surface area contributed by atoms with Gasteiger partial charge in [-0.2, -0.15) is 9.78 Å². The summed E-state index contributed by atoms with van der Waals surface area (Å²) in [5, 5.41) is 6.82. The lowest BCUT2D eigenvalue weighted by atomic mass is 10.1. The minimum absolute atomic E-state index is 0.216. The third-order valence-corrected chi connectivity index (χ3v) is 3.17. The summed E-state index contributed by atoms with van der Waals surface area (Å²) in [5.74, 6) is 0. The molecule has 0 unspecified atom stereocenters. The van der Waals surface area contributed by atoms with Crippen molar-refractivity contribution in [2.45, 2.75) is 6.92 Å². The Labute approximate surface area is 115 Å². The maximum absolute atomic E-state index is 12.4. The second-order valence-electron chi connectivity index (χ2n) is 4.63. The van der Waals surface area contributed by atoms with Gasteiger partial charge in [0.15, 0.2) is 5.69 Å². The number of rotatable bonds is 2. The molecule has 0 atom stereocenters. The van der Waals surface area contributed by atoms with Crippen molar-refractivity contribution in [1.82, 2.24) is 15.0 Å². The zero-order valence-electron chi connectivity index (χ0n) is 11.0. The first kappa shape index (κ1) is 12.2. The maximum Gasteiger partial charge on any atom is 0.299 e. The molecule has 3 aromatic rings. The van der Waals surface area contributed by atoms with Crippen molar-refractivity contribution in [1.29, 1.82) is 0 Å². The number of aryl methyl sites for hydroxylation is 1. The van der Waals surface area contributed by atoms with Gasteiger partial charge in [-0.25, -0.2) is 5.21 Å². The molecule has 5 heteroatoms. The van der Waals surface area contributed by atoms with Crippen LogP contribution in [-0.2, 0) is 0 Å². The SMILES string of the molecule is Cc1ccc(-c2n[nH]n(-c3ccccc3N)c2=O)cc1. The first-order chi connectivity index (χ1) is 9.66. The molecule has 0 saturated carbocycles. The summed E-state index contributed by atoms with van der Waals surface area (Å²) in [6.45, 7) is 2.00. The summed E-state index contributed by atoms with van der Waals surface area (Å²) in [4.78, 5) is 12.4. The average molecular weight is 266 g/mol. The number of nitrogens with one attached hydrogen (secondary N) is 1. The molecule has 0 saturated heterocycles. The molecule has 1 heterocycles. The minimum Gasteiger partial charge on any atom is -0.397 e. The number of nitrogen functional groups attached to an aromatic ring is 1. The fraction of sp³-hybridized carbons (Fsp3) is 0.0667. The van der Waals surface area contributed by atoms with Crippen molar-refractivity contribution in [3.63, 3.8) is 0 Å². The van der Waals surface area contributed by atoms with E-state index in [-0.39, 0.29) is 5.56 Å². The average Bonchev–Trinajstić information content (AvgIpc) is 2.82. The maximum atomic E-state index is 12.4. The Balaban J connectivity index is 2.12. The van der Waals surface area contributed by atoms with E-state index in [0.29, 0.717) is 17.1 Å². The molecule has 0 fully saturated rings. The number of benzene rings is 2. The van der Waals surface area contributed by atoms with Crippen LogP contribution in [0.25, 0.3) is 16.9 Å². The zero-order chi connectivity index (χ0) is 14.1. The summed E-state index contributed by atoms with van der Waals surface area (Å²) in [7, 11) is 0. The first-order valence-corrected chi connectivity index (χ1v) is 6.26. The van der Waals surface area contributed by atoms with Gasteiger partial charge >= 0.3 is 0 Å². The molecule has 0 bridgehead atoms. The van der Waals surface area contributed by atoms with E-state index >= 15 is 0 Å². The highest BCUT2D eigenvalue weighted by atomic mass is 16.1. The minimum atomic E-state index is -0.216. The molecule has 0 aliphatic heterocycles. The third-order valence-electron chi connectivity index (χ3n) is 3.17. The van der Waals surface area contributed by atoms with Gasteiger partial charge < -0.3 is 5.73 Å². The monoisotopic (exact) mass is 266 g/mol. The predicted molar refractivity (Wildman–Crippen MR) is 78.8 cm³/mol. The Morgan fingerprint density at radius 1 is 1.10 bits per heavy atom. The Kier molecular flexibility index (Phi) is 2.87. The van der Waals surface area contributed by atoms with Crippen LogP contribution in [0.2, 0.25) is 0 Å². The number of anilines is 1. The summed E-state index contributed by atoms with van der Waals surface area (Å²) in [6, 6.07) is 14.8. The number of aromatic amines is 1. The molecule has 20 heavy (non-hydrogen) atoms. The van der Waals surface area contributed by atoms with Gasteiger partial charge in [0, 0.05) is 5.56 Å². The normalized spacial score (nSPS) is 10.7. The van der Waals surface area contributed by atoms with Gasteiger partial charge in [-0.3, -0.25) is 4.79 Å². The van der Waals surface area contributed by atoms with E-state index in [1.165, 1.54) is 4.68 Å². The highest BCUT2D eigenvalue weighted by Crippen LogP contribution is 2.17. The highest BCUT2D eigenvalue weighted by Gasteiger charge is 2.12. The van der Waals surface area contributed by atoms with E-state index in [1.807, 2.05) is 43.3 Å². The van der Waals surface area contributed by atoms with Crippen molar-refractivity contribution < 1.29 is 0 Å². The fourth-order valence-corrected chi connectivity index (χ4v) is 2.05. The van der Waals surface area contributed by atoms with Crippen molar-refractivity contribution in [3.05, 3.63) is 64.4 Å².